The highest BCUT2D eigenvalue weighted by molar-refractivity contribution is 5.91. The first-order chi connectivity index (χ1) is 16.8. The predicted octanol–water partition coefficient (Wildman–Crippen LogP) is 6.27. The molecule has 194 valence electrons. The van der Waals surface area contributed by atoms with Crippen molar-refractivity contribution in [3.63, 3.8) is 0 Å². The van der Waals surface area contributed by atoms with Gasteiger partial charge in [-0.25, -0.2) is 0 Å². The van der Waals surface area contributed by atoms with Crippen LogP contribution in [0.4, 0.5) is 18.9 Å². The van der Waals surface area contributed by atoms with E-state index in [0.29, 0.717) is 19.3 Å². The first-order valence-electron chi connectivity index (χ1n) is 13.1. The molecule has 0 saturated heterocycles. The van der Waals surface area contributed by atoms with Crippen LogP contribution in [-0.2, 0) is 4.79 Å². The van der Waals surface area contributed by atoms with Crippen LogP contribution in [0.2, 0.25) is 0 Å². The van der Waals surface area contributed by atoms with Crippen molar-refractivity contribution >= 4 is 11.5 Å². The summed E-state index contributed by atoms with van der Waals surface area (Å²) in [6, 6.07) is 8.47. The molecule has 7 atom stereocenters. The number of aliphatic hydroxyl groups is 1. The lowest BCUT2D eigenvalue weighted by atomic mass is 9.43. The molecule has 0 amide bonds. The molecule has 1 N–H and O–H groups in total. The number of halogens is 3. The number of hydrogen-bond acceptors (Lipinski definition) is 3. The maximum absolute atomic E-state index is 13.1. The fourth-order valence-electron chi connectivity index (χ4n) is 8.47. The predicted molar refractivity (Wildman–Crippen MR) is 134 cm³/mol. The van der Waals surface area contributed by atoms with Crippen molar-refractivity contribution in [1.82, 2.24) is 0 Å². The van der Waals surface area contributed by atoms with Gasteiger partial charge < -0.3 is 10.0 Å². The molecule has 3 nitrogen and oxygen atoms in total. The number of fused-ring (bicyclic) bond motifs is 5. The van der Waals surface area contributed by atoms with Gasteiger partial charge >= 0.3 is 6.18 Å². The Morgan fingerprint density at radius 2 is 1.75 bits per heavy atom. The van der Waals surface area contributed by atoms with Crippen molar-refractivity contribution < 1.29 is 23.1 Å². The lowest BCUT2D eigenvalue weighted by Crippen LogP contribution is -2.57. The van der Waals surface area contributed by atoms with E-state index in [1.165, 1.54) is 11.5 Å². The Balaban J connectivity index is 1.63. The third-order valence-corrected chi connectivity index (χ3v) is 10.3. The zero-order valence-electron chi connectivity index (χ0n) is 21.6. The molecular weight excluding hydrogens is 463 g/mol. The summed E-state index contributed by atoms with van der Waals surface area (Å²) in [6.45, 7) is 4.28. The molecule has 0 unspecified atom stereocenters. The van der Waals surface area contributed by atoms with Crippen LogP contribution in [0.25, 0.3) is 0 Å². The van der Waals surface area contributed by atoms with Gasteiger partial charge in [0.05, 0.1) is 0 Å². The summed E-state index contributed by atoms with van der Waals surface area (Å²) in [5.74, 6) is 4.63. The Kier molecular flexibility index (Phi) is 5.91. The van der Waals surface area contributed by atoms with Crippen molar-refractivity contribution in [3.05, 3.63) is 41.5 Å². The Morgan fingerprint density at radius 1 is 1.06 bits per heavy atom. The van der Waals surface area contributed by atoms with Gasteiger partial charge in [0.15, 0.2) is 5.78 Å². The standard InChI is InChI=1S/C30H36F3NO2/c1-27-13-11-22(35)17-20(27)7-10-23-25-12-14-29(36,15-16-30(31,32)33)28(25,2)18-24(26(23)27)19-5-8-21(9-6-19)34(3)4/h5-6,8-9,17,23-26,36H,7,10-14,18H2,1-4H3/t23-,24+,25-,26+,27-,28-,29+/m0/s1. The number of benzene rings is 1. The normalized spacial score (nSPS) is 39.8. The van der Waals surface area contributed by atoms with Crippen LogP contribution in [0.15, 0.2) is 35.9 Å². The molecule has 36 heavy (non-hydrogen) atoms. The van der Waals surface area contributed by atoms with Gasteiger partial charge in [-0.1, -0.05) is 37.5 Å². The van der Waals surface area contributed by atoms with E-state index < -0.39 is 17.2 Å². The summed E-state index contributed by atoms with van der Waals surface area (Å²) >= 11 is 0. The average Bonchev–Trinajstić information content (AvgIpc) is 3.08. The molecule has 0 spiro atoms. The molecule has 0 heterocycles. The first kappa shape index (κ1) is 25.4. The van der Waals surface area contributed by atoms with E-state index in [0.717, 1.165) is 30.5 Å². The topological polar surface area (TPSA) is 40.5 Å². The molecule has 1 aromatic carbocycles. The summed E-state index contributed by atoms with van der Waals surface area (Å²) in [4.78, 5) is 14.4. The molecule has 4 aliphatic rings. The number of rotatable bonds is 2. The van der Waals surface area contributed by atoms with Gasteiger partial charge in [0, 0.05) is 37.5 Å². The van der Waals surface area contributed by atoms with Crippen molar-refractivity contribution in [2.75, 3.05) is 19.0 Å². The molecule has 0 radical (unpaired) electrons. The van der Waals surface area contributed by atoms with Gasteiger partial charge in [-0.05, 0) is 91.4 Å². The Morgan fingerprint density at radius 3 is 2.39 bits per heavy atom. The highest BCUT2D eigenvalue weighted by atomic mass is 19.4. The third kappa shape index (κ3) is 3.90. The lowest BCUT2D eigenvalue weighted by Gasteiger charge is -2.61. The minimum absolute atomic E-state index is 0.0617. The largest absolute Gasteiger partial charge is 0.457 e. The summed E-state index contributed by atoms with van der Waals surface area (Å²) in [7, 11) is 3.99. The molecule has 1 aromatic rings. The molecule has 0 aromatic heterocycles. The smallest absolute Gasteiger partial charge is 0.378 e. The van der Waals surface area contributed by atoms with E-state index in [9.17, 15) is 23.1 Å². The Hall–Kier alpha value is -2.26. The van der Waals surface area contributed by atoms with Crippen LogP contribution in [0, 0.1) is 40.4 Å². The minimum Gasteiger partial charge on any atom is -0.378 e. The zero-order chi connectivity index (χ0) is 26.1. The van der Waals surface area contributed by atoms with Gasteiger partial charge in [-0.2, -0.15) is 13.2 Å². The Bertz CT molecular complexity index is 1140. The quantitative estimate of drug-likeness (QED) is 0.487. The number of carbonyl (C=O) groups excluding carboxylic acids is 1. The summed E-state index contributed by atoms with van der Waals surface area (Å²) in [6.07, 6.45) is 1.87. The van der Waals surface area contributed by atoms with Crippen LogP contribution in [-0.4, -0.2) is 36.8 Å². The molecule has 3 fully saturated rings. The van der Waals surface area contributed by atoms with Crippen molar-refractivity contribution in [2.24, 2.45) is 28.6 Å². The number of allylic oxidation sites excluding steroid dienone is 1. The zero-order valence-corrected chi connectivity index (χ0v) is 21.6. The molecular formula is C30H36F3NO2. The number of nitrogens with zero attached hydrogens (tertiary/aromatic N) is 1. The molecule has 5 rings (SSSR count). The van der Waals surface area contributed by atoms with E-state index >= 15 is 0 Å². The lowest BCUT2D eigenvalue weighted by molar-refractivity contribution is -0.122. The number of anilines is 1. The van der Waals surface area contributed by atoms with Crippen LogP contribution < -0.4 is 4.90 Å². The molecule has 6 heteroatoms. The summed E-state index contributed by atoms with van der Waals surface area (Å²) in [5, 5.41) is 11.7. The fourth-order valence-corrected chi connectivity index (χ4v) is 8.47. The highest BCUT2D eigenvalue weighted by Crippen LogP contribution is 2.70. The second-order valence-corrected chi connectivity index (χ2v) is 12.2. The molecule has 0 aliphatic heterocycles. The van der Waals surface area contributed by atoms with E-state index in [1.54, 1.807) is 0 Å². The van der Waals surface area contributed by atoms with Crippen molar-refractivity contribution in [3.8, 4) is 11.8 Å². The summed E-state index contributed by atoms with van der Waals surface area (Å²) in [5.41, 5.74) is 0.957. The van der Waals surface area contributed by atoms with Crippen LogP contribution in [0.1, 0.15) is 70.3 Å². The van der Waals surface area contributed by atoms with E-state index in [4.69, 9.17) is 0 Å². The third-order valence-electron chi connectivity index (χ3n) is 10.3. The van der Waals surface area contributed by atoms with Gasteiger partial charge in [0.25, 0.3) is 0 Å². The minimum atomic E-state index is -4.63. The van der Waals surface area contributed by atoms with Crippen molar-refractivity contribution in [2.45, 2.75) is 76.5 Å². The molecule has 4 aliphatic carbocycles. The second kappa shape index (κ2) is 8.38. The van der Waals surface area contributed by atoms with Gasteiger partial charge in [-0.3, -0.25) is 4.79 Å². The van der Waals surface area contributed by atoms with E-state index in [1.807, 2.05) is 32.0 Å². The van der Waals surface area contributed by atoms with Crippen LogP contribution in [0.5, 0.6) is 0 Å². The van der Waals surface area contributed by atoms with Gasteiger partial charge in [0.1, 0.15) is 5.60 Å². The fraction of sp³-hybridized carbons (Fsp3) is 0.633. The Labute approximate surface area is 212 Å². The maximum atomic E-state index is 13.1. The molecule has 3 saturated carbocycles. The van der Waals surface area contributed by atoms with Crippen molar-refractivity contribution in [1.29, 1.82) is 0 Å². The number of carbonyl (C=O) groups is 1. The van der Waals surface area contributed by atoms with Gasteiger partial charge in [0.2, 0.25) is 0 Å². The molecule has 0 bridgehead atoms. The second-order valence-electron chi connectivity index (χ2n) is 12.2. The summed E-state index contributed by atoms with van der Waals surface area (Å²) < 4.78 is 39.3. The van der Waals surface area contributed by atoms with Crippen LogP contribution in [0.3, 0.4) is 0 Å². The number of ketones is 1. The highest BCUT2D eigenvalue weighted by Gasteiger charge is 2.66. The van der Waals surface area contributed by atoms with Crippen LogP contribution >= 0.6 is 0 Å². The SMILES string of the molecule is CN(C)c1ccc([C@H]2C[C@@]3(C)[C@@H](CC[C@@]3(O)C#CC(F)(F)F)[C@@H]3CCC4=CC(=O)CC[C@]4(C)[C@H]32)cc1. The maximum Gasteiger partial charge on any atom is 0.457 e. The van der Waals surface area contributed by atoms with E-state index in [-0.39, 0.29) is 41.3 Å². The van der Waals surface area contributed by atoms with E-state index in [2.05, 4.69) is 37.1 Å². The monoisotopic (exact) mass is 499 g/mol. The number of alkyl halides is 3. The first-order valence-corrected chi connectivity index (χ1v) is 13.1. The van der Waals surface area contributed by atoms with Gasteiger partial charge in [-0.15, -0.1) is 0 Å². The number of hydrogen-bond donors (Lipinski definition) is 1. The average molecular weight is 500 g/mol.